The standard InChI is InChI=1S/C19H31N5O/c1-22-12-8-20-18(22)14-23-10-6-17(7-11-23)24-9-2-3-15(13-24)19(25)21-16-4-5-16/h8,12,15-17H,2-7,9-11,13-14H2,1H3,(H,21,25). The van der Waals surface area contributed by atoms with Crippen molar-refractivity contribution in [2.75, 3.05) is 26.2 Å². The number of nitrogens with zero attached hydrogens (tertiary/aromatic N) is 4. The minimum Gasteiger partial charge on any atom is -0.353 e. The zero-order valence-electron chi connectivity index (χ0n) is 15.4. The van der Waals surface area contributed by atoms with Gasteiger partial charge in [0.25, 0.3) is 0 Å². The summed E-state index contributed by atoms with van der Waals surface area (Å²) in [4.78, 5) is 21.9. The summed E-state index contributed by atoms with van der Waals surface area (Å²) in [6, 6.07) is 1.13. The molecule has 138 valence electrons. The maximum Gasteiger partial charge on any atom is 0.224 e. The van der Waals surface area contributed by atoms with E-state index in [1.807, 2.05) is 12.4 Å². The number of carbonyl (C=O) groups is 1. The molecule has 0 bridgehead atoms. The van der Waals surface area contributed by atoms with Gasteiger partial charge in [-0.1, -0.05) is 0 Å². The van der Waals surface area contributed by atoms with Crippen molar-refractivity contribution in [1.82, 2.24) is 24.7 Å². The van der Waals surface area contributed by atoms with Crippen LogP contribution < -0.4 is 5.32 Å². The number of hydrogen-bond donors (Lipinski definition) is 1. The van der Waals surface area contributed by atoms with E-state index in [0.29, 0.717) is 18.0 Å². The van der Waals surface area contributed by atoms with E-state index in [0.717, 1.165) is 51.4 Å². The van der Waals surface area contributed by atoms with Crippen LogP contribution in [-0.4, -0.2) is 63.5 Å². The molecule has 1 atom stereocenters. The number of likely N-dealkylation sites (tertiary alicyclic amines) is 2. The molecule has 6 nitrogen and oxygen atoms in total. The summed E-state index contributed by atoms with van der Waals surface area (Å²) in [5, 5.41) is 3.20. The molecular formula is C19H31N5O. The van der Waals surface area contributed by atoms with Gasteiger partial charge in [-0.3, -0.25) is 14.6 Å². The second-order valence-electron chi connectivity index (χ2n) is 8.08. The van der Waals surface area contributed by atoms with Crippen molar-refractivity contribution in [1.29, 1.82) is 0 Å². The maximum absolute atomic E-state index is 12.4. The lowest BCUT2D eigenvalue weighted by atomic mass is 9.93. The Hall–Kier alpha value is -1.40. The van der Waals surface area contributed by atoms with E-state index < -0.39 is 0 Å². The Labute approximate surface area is 150 Å². The SMILES string of the molecule is Cn1ccnc1CN1CCC(N2CCCC(C(=O)NC3CC3)C2)CC1. The normalized spacial score (nSPS) is 26.7. The summed E-state index contributed by atoms with van der Waals surface area (Å²) in [7, 11) is 2.07. The summed E-state index contributed by atoms with van der Waals surface area (Å²) in [5.74, 6) is 1.66. The number of piperidine rings is 2. The Bertz CT molecular complexity index is 588. The molecule has 1 N–H and O–H groups in total. The van der Waals surface area contributed by atoms with Gasteiger partial charge in [-0.15, -0.1) is 0 Å². The molecule has 1 amide bonds. The first-order valence-corrected chi connectivity index (χ1v) is 9.92. The van der Waals surface area contributed by atoms with E-state index in [-0.39, 0.29) is 5.92 Å². The highest BCUT2D eigenvalue weighted by atomic mass is 16.2. The Balaban J connectivity index is 1.25. The number of nitrogens with one attached hydrogen (secondary N) is 1. The van der Waals surface area contributed by atoms with Gasteiger partial charge >= 0.3 is 0 Å². The van der Waals surface area contributed by atoms with Crippen LogP contribution in [0.1, 0.15) is 44.3 Å². The molecule has 1 unspecified atom stereocenters. The van der Waals surface area contributed by atoms with Gasteiger partial charge in [0.1, 0.15) is 5.82 Å². The fourth-order valence-electron chi connectivity index (χ4n) is 4.29. The first kappa shape index (κ1) is 17.0. The van der Waals surface area contributed by atoms with Crippen LogP contribution >= 0.6 is 0 Å². The highest BCUT2D eigenvalue weighted by Crippen LogP contribution is 2.26. The first-order chi connectivity index (χ1) is 12.2. The molecule has 1 saturated carbocycles. The highest BCUT2D eigenvalue weighted by Gasteiger charge is 2.33. The van der Waals surface area contributed by atoms with Crippen LogP contribution in [0.25, 0.3) is 0 Å². The number of aromatic nitrogens is 2. The summed E-state index contributed by atoms with van der Waals surface area (Å²) in [5.41, 5.74) is 0. The first-order valence-electron chi connectivity index (χ1n) is 9.92. The molecule has 4 rings (SSSR count). The number of carbonyl (C=O) groups excluding carboxylic acids is 1. The molecule has 3 fully saturated rings. The van der Waals surface area contributed by atoms with Gasteiger partial charge in [-0.25, -0.2) is 4.98 Å². The molecule has 3 aliphatic rings. The number of aryl methyl sites for hydroxylation is 1. The second kappa shape index (κ2) is 7.46. The van der Waals surface area contributed by atoms with E-state index in [1.54, 1.807) is 0 Å². The van der Waals surface area contributed by atoms with Crippen molar-refractivity contribution in [2.24, 2.45) is 13.0 Å². The molecule has 3 heterocycles. The Morgan fingerprint density at radius 3 is 2.68 bits per heavy atom. The Kier molecular flexibility index (Phi) is 5.08. The number of rotatable bonds is 5. The second-order valence-corrected chi connectivity index (χ2v) is 8.08. The molecule has 0 aromatic carbocycles. The third-order valence-corrected chi connectivity index (χ3v) is 6.11. The van der Waals surface area contributed by atoms with E-state index in [2.05, 4.69) is 31.7 Å². The van der Waals surface area contributed by atoms with Crippen LogP contribution in [-0.2, 0) is 18.4 Å². The number of imidazole rings is 1. The zero-order chi connectivity index (χ0) is 17.2. The lowest BCUT2D eigenvalue weighted by Gasteiger charge is -2.42. The largest absolute Gasteiger partial charge is 0.353 e. The Morgan fingerprint density at radius 1 is 1.20 bits per heavy atom. The van der Waals surface area contributed by atoms with Gasteiger partial charge in [-0.05, 0) is 45.1 Å². The fourth-order valence-corrected chi connectivity index (χ4v) is 4.29. The molecular weight excluding hydrogens is 314 g/mol. The molecule has 6 heteroatoms. The van der Waals surface area contributed by atoms with Gasteiger partial charge in [0.05, 0.1) is 12.5 Å². The predicted octanol–water partition coefficient (Wildman–Crippen LogP) is 1.38. The zero-order valence-corrected chi connectivity index (χ0v) is 15.4. The van der Waals surface area contributed by atoms with Crippen molar-refractivity contribution in [3.8, 4) is 0 Å². The monoisotopic (exact) mass is 345 g/mol. The summed E-state index contributed by atoms with van der Waals surface area (Å²) in [6.07, 6.45) is 10.9. The van der Waals surface area contributed by atoms with Crippen molar-refractivity contribution < 1.29 is 4.79 Å². The topological polar surface area (TPSA) is 53.4 Å². The molecule has 1 aromatic rings. The minimum atomic E-state index is 0.208. The van der Waals surface area contributed by atoms with Crippen molar-refractivity contribution >= 4 is 5.91 Å². The van der Waals surface area contributed by atoms with E-state index in [1.165, 1.54) is 25.7 Å². The van der Waals surface area contributed by atoms with Crippen LogP contribution in [0.3, 0.4) is 0 Å². The van der Waals surface area contributed by atoms with Crippen LogP contribution in [0.2, 0.25) is 0 Å². The third kappa shape index (κ3) is 4.23. The van der Waals surface area contributed by atoms with Gasteiger partial charge in [0.15, 0.2) is 0 Å². The maximum atomic E-state index is 12.4. The van der Waals surface area contributed by atoms with Crippen molar-refractivity contribution in [3.63, 3.8) is 0 Å². The molecule has 2 saturated heterocycles. The summed E-state index contributed by atoms with van der Waals surface area (Å²) in [6.45, 7) is 5.34. The van der Waals surface area contributed by atoms with Crippen LogP contribution in [0.15, 0.2) is 12.4 Å². The Morgan fingerprint density at radius 2 is 2.00 bits per heavy atom. The molecule has 2 aliphatic heterocycles. The van der Waals surface area contributed by atoms with Gasteiger partial charge in [-0.2, -0.15) is 0 Å². The van der Waals surface area contributed by atoms with Crippen molar-refractivity contribution in [2.45, 2.75) is 57.2 Å². The van der Waals surface area contributed by atoms with Crippen LogP contribution in [0, 0.1) is 5.92 Å². The van der Waals surface area contributed by atoms with E-state index >= 15 is 0 Å². The molecule has 1 aliphatic carbocycles. The molecule has 25 heavy (non-hydrogen) atoms. The molecule has 0 radical (unpaired) electrons. The highest BCUT2D eigenvalue weighted by molar-refractivity contribution is 5.79. The quantitative estimate of drug-likeness (QED) is 0.876. The molecule has 1 aromatic heterocycles. The number of hydrogen-bond acceptors (Lipinski definition) is 4. The van der Waals surface area contributed by atoms with E-state index in [4.69, 9.17) is 0 Å². The van der Waals surface area contributed by atoms with Gasteiger partial charge in [0, 0.05) is 51.2 Å². The van der Waals surface area contributed by atoms with Crippen LogP contribution in [0.5, 0.6) is 0 Å². The number of amides is 1. The molecule has 0 spiro atoms. The summed E-state index contributed by atoms with van der Waals surface area (Å²) >= 11 is 0. The predicted molar refractivity (Wildman–Crippen MR) is 97.0 cm³/mol. The van der Waals surface area contributed by atoms with Gasteiger partial charge in [0.2, 0.25) is 5.91 Å². The van der Waals surface area contributed by atoms with Crippen molar-refractivity contribution in [3.05, 3.63) is 18.2 Å². The third-order valence-electron chi connectivity index (χ3n) is 6.11. The fraction of sp³-hybridized carbons (Fsp3) is 0.789. The average Bonchev–Trinajstić information content (AvgIpc) is 3.37. The lowest BCUT2D eigenvalue weighted by molar-refractivity contribution is -0.127. The van der Waals surface area contributed by atoms with E-state index in [9.17, 15) is 4.79 Å². The lowest BCUT2D eigenvalue weighted by Crippen LogP contribution is -2.50. The summed E-state index contributed by atoms with van der Waals surface area (Å²) < 4.78 is 2.11. The average molecular weight is 345 g/mol. The van der Waals surface area contributed by atoms with Crippen LogP contribution in [0.4, 0.5) is 0 Å². The van der Waals surface area contributed by atoms with Gasteiger partial charge < -0.3 is 9.88 Å². The smallest absolute Gasteiger partial charge is 0.224 e. The minimum absolute atomic E-state index is 0.208.